The molecule has 0 saturated carbocycles. The van der Waals surface area contributed by atoms with Crippen LogP contribution in [0.15, 0.2) is 24.3 Å². The summed E-state index contributed by atoms with van der Waals surface area (Å²) in [6.45, 7) is 0.400. The van der Waals surface area contributed by atoms with Gasteiger partial charge < -0.3 is 10.1 Å². The molecule has 2 rings (SSSR count). The van der Waals surface area contributed by atoms with Gasteiger partial charge in [-0.05, 0) is 12.1 Å². The molecule has 0 aliphatic carbocycles. The molecule has 0 atom stereocenters. The third-order valence-electron chi connectivity index (χ3n) is 2.35. The molecule has 0 unspecified atom stereocenters. The highest BCUT2D eigenvalue weighted by Crippen LogP contribution is 2.15. The Labute approximate surface area is 97.2 Å². The van der Waals surface area contributed by atoms with E-state index in [0.29, 0.717) is 13.1 Å². The van der Waals surface area contributed by atoms with Gasteiger partial charge in [0.1, 0.15) is 0 Å². The number of nitrogens with one attached hydrogen (secondary N) is 1. The van der Waals surface area contributed by atoms with E-state index in [2.05, 4.69) is 5.32 Å². The predicted molar refractivity (Wildman–Crippen MR) is 57.0 cm³/mol. The average molecular weight is 238 g/mol. The van der Waals surface area contributed by atoms with Gasteiger partial charge in [0, 0.05) is 13.1 Å². The number of para-hydroxylation sites is 1. The molecule has 1 saturated heterocycles. The van der Waals surface area contributed by atoms with Gasteiger partial charge in [-0.15, -0.1) is 0 Å². The van der Waals surface area contributed by atoms with Crippen LogP contribution in [0.5, 0.6) is 5.75 Å². The molecule has 0 radical (unpaired) electrons. The summed E-state index contributed by atoms with van der Waals surface area (Å²) in [5.74, 6) is -1.02. The third kappa shape index (κ3) is 2.52. The number of rotatable bonds is 3. The van der Waals surface area contributed by atoms with Crippen molar-refractivity contribution in [1.82, 2.24) is 10.2 Å². The molecule has 90 valence electrons. The number of nitrogens with zero attached hydrogens (tertiary/aromatic N) is 1. The molecule has 17 heavy (non-hydrogen) atoms. The molecule has 1 aromatic rings. The van der Waals surface area contributed by atoms with Crippen LogP contribution in [-0.2, 0) is 4.79 Å². The van der Waals surface area contributed by atoms with Gasteiger partial charge >= 0.3 is 6.03 Å². The highest BCUT2D eigenvalue weighted by molar-refractivity contribution is 5.96. The number of halogens is 1. The number of imide groups is 1. The fraction of sp³-hybridized carbons (Fsp3) is 0.273. The van der Waals surface area contributed by atoms with Crippen molar-refractivity contribution in [2.75, 3.05) is 19.7 Å². The minimum absolute atomic E-state index is 0.000421. The summed E-state index contributed by atoms with van der Waals surface area (Å²) in [7, 11) is 0. The molecule has 0 aromatic heterocycles. The molecular formula is C11H11FN2O3. The second kappa shape index (κ2) is 4.82. The van der Waals surface area contributed by atoms with Crippen LogP contribution in [-0.4, -0.2) is 36.5 Å². The van der Waals surface area contributed by atoms with Crippen molar-refractivity contribution in [2.45, 2.75) is 0 Å². The molecule has 5 nitrogen and oxygen atoms in total. The van der Waals surface area contributed by atoms with Crippen molar-refractivity contribution in [3.63, 3.8) is 0 Å². The Morgan fingerprint density at radius 1 is 1.47 bits per heavy atom. The van der Waals surface area contributed by atoms with Crippen LogP contribution in [0.25, 0.3) is 0 Å². The van der Waals surface area contributed by atoms with Gasteiger partial charge in [-0.1, -0.05) is 12.1 Å². The van der Waals surface area contributed by atoms with E-state index in [1.807, 2.05) is 0 Å². The quantitative estimate of drug-likeness (QED) is 0.845. The van der Waals surface area contributed by atoms with E-state index in [9.17, 15) is 14.0 Å². The van der Waals surface area contributed by atoms with Crippen molar-refractivity contribution in [3.05, 3.63) is 30.1 Å². The second-order valence-electron chi connectivity index (χ2n) is 3.50. The lowest BCUT2D eigenvalue weighted by Gasteiger charge is -2.12. The summed E-state index contributed by atoms with van der Waals surface area (Å²) in [4.78, 5) is 23.8. The molecule has 1 heterocycles. The van der Waals surface area contributed by atoms with Crippen LogP contribution >= 0.6 is 0 Å². The molecule has 3 amide bonds. The van der Waals surface area contributed by atoms with E-state index in [4.69, 9.17) is 4.74 Å². The monoisotopic (exact) mass is 238 g/mol. The molecule has 1 aromatic carbocycles. The number of carbonyl (C=O) groups is 2. The van der Waals surface area contributed by atoms with E-state index in [1.54, 1.807) is 6.07 Å². The van der Waals surface area contributed by atoms with E-state index in [-0.39, 0.29) is 12.4 Å². The molecule has 1 aliphatic rings. The lowest BCUT2D eigenvalue weighted by atomic mass is 10.3. The maximum atomic E-state index is 13.2. The van der Waals surface area contributed by atoms with Crippen LogP contribution < -0.4 is 10.1 Å². The maximum absolute atomic E-state index is 13.2. The molecule has 1 fully saturated rings. The lowest BCUT2D eigenvalue weighted by Crippen LogP contribution is -2.37. The number of carbonyl (C=O) groups excluding carboxylic acids is 2. The van der Waals surface area contributed by atoms with Crippen LogP contribution in [0, 0.1) is 5.82 Å². The first-order valence-electron chi connectivity index (χ1n) is 5.14. The fourth-order valence-corrected chi connectivity index (χ4v) is 1.49. The first-order chi connectivity index (χ1) is 8.18. The smallest absolute Gasteiger partial charge is 0.324 e. The Balaban J connectivity index is 1.92. The third-order valence-corrected chi connectivity index (χ3v) is 2.35. The minimum Gasteiger partial charge on any atom is -0.481 e. The average Bonchev–Trinajstić information content (AvgIpc) is 2.74. The summed E-state index contributed by atoms with van der Waals surface area (Å²) >= 11 is 0. The summed E-state index contributed by atoms with van der Waals surface area (Å²) < 4.78 is 18.2. The van der Waals surface area contributed by atoms with E-state index in [0.717, 1.165) is 4.90 Å². The standard InChI is InChI=1S/C11H11FN2O3/c12-8-3-1-2-4-9(8)17-7-10(15)14-6-5-13-11(14)16/h1-4H,5-7H2,(H,13,16). The van der Waals surface area contributed by atoms with Crippen molar-refractivity contribution >= 4 is 11.9 Å². The Kier molecular flexibility index (Phi) is 3.22. The van der Waals surface area contributed by atoms with Gasteiger partial charge in [0.25, 0.3) is 5.91 Å². The number of amides is 3. The Hall–Kier alpha value is -2.11. The zero-order chi connectivity index (χ0) is 12.3. The van der Waals surface area contributed by atoms with Gasteiger partial charge in [-0.3, -0.25) is 9.69 Å². The minimum atomic E-state index is -0.536. The summed E-state index contributed by atoms with van der Waals surface area (Å²) in [6, 6.07) is 5.35. The van der Waals surface area contributed by atoms with Gasteiger partial charge in [-0.2, -0.15) is 0 Å². The largest absolute Gasteiger partial charge is 0.481 e. The summed E-state index contributed by atoms with van der Waals surface area (Å²) in [5.41, 5.74) is 0. The first kappa shape index (κ1) is 11.4. The molecule has 1 N–H and O–H groups in total. The number of benzene rings is 1. The van der Waals surface area contributed by atoms with Crippen molar-refractivity contribution in [3.8, 4) is 5.75 Å². The van der Waals surface area contributed by atoms with E-state index >= 15 is 0 Å². The van der Waals surface area contributed by atoms with Gasteiger partial charge in [0.15, 0.2) is 18.2 Å². The molecular weight excluding hydrogens is 227 g/mol. The van der Waals surface area contributed by atoms with Crippen molar-refractivity contribution < 1.29 is 18.7 Å². The SMILES string of the molecule is O=C(COc1ccccc1F)N1CCNC1=O. The summed E-state index contributed by atoms with van der Waals surface area (Å²) in [5, 5.41) is 2.50. The zero-order valence-electron chi connectivity index (χ0n) is 8.98. The number of hydrogen-bond donors (Lipinski definition) is 1. The second-order valence-corrected chi connectivity index (χ2v) is 3.50. The van der Waals surface area contributed by atoms with Gasteiger partial charge in [0.2, 0.25) is 0 Å². The molecule has 1 aliphatic heterocycles. The van der Waals surface area contributed by atoms with Crippen molar-refractivity contribution in [2.24, 2.45) is 0 Å². The van der Waals surface area contributed by atoms with E-state index in [1.165, 1.54) is 18.2 Å². The predicted octanol–water partition coefficient (Wildman–Crippen LogP) is 0.756. The molecule has 0 bridgehead atoms. The molecule has 6 heteroatoms. The van der Waals surface area contributed by atoms with Crippen LogP contribution in [0.2, 0.25) is 0 Å². The number of hydrogen-bond acceptors (Lipinski definition) is 3. The van der Waals surface area contributed by atoms with E-state index < -0.39 is 17.8 Å². The van der Waals surface area contributed by atoms with Crippen LogP contribution in [0.1, 0.15) is 0 Å². The van der Waals surface area contributed by atoms with Crippen molar-refractivity contribution in [1.29, 1.82) is 0 Å². The van der Waals surface area contributed by atoms with Crippen LogP contribution in [0.4, 0.5) is 9.18 Å². The van der Waals surface area contributed by atoms with Gasteiger partial charge in [0.05, 0.1) is 0 Å². The topological polar surface area (TPSA) is 58.6 Å². The van der Waals surface area contributed by atoms with Crippen LogP contribution in [0.3, 0.4) is 0 Å². The fourth-order valence-electron chi connectivity index (χ4n) is 1.49. The Morgan fingerprint density at radius 3 is 2.88 bits per heavy atom. The summed E-state index contributed by atoms with van der Waals surface area (Å²) in [6.07, 6.45) is 0. The van der Waals surface area contributed by atoms with Gasteiger partial charge in [-0.25, -0.2) is 9.18 Å². The Bertz CT molecular complexity index is 450. The Morgan fingerprint density at radius 2 is 2.24 bits per heavy atom. The maximum Gasteiger partial charge on any atom is 0.324 e. The highest BCUT2D eigenvalue weighted by atomic mass is 19.1. The zero-order valence-corrected chi connectivity index (χ0v) is 8.98. The highest BCUT2D eigenvalue weighted by Gasteiger charge is 2.26. The number of urea groups is 1. The first-order valence-corrected chi connectivity index (χ1v) is 5.14. The number of ether oxygens (including phenoxy) is 1. The molecule has 0 spiro atoms. The normalized spacial score (nSPS) is 14.6. The lowest BCUT2D eigenvalue weighted by molar-refractivity contribution is -0.129.